The lowest BCUT2D eigenvalue weighted by molar-refractivity contribution is 0.415. The van der Waals surface area contributed by atoms with Crippen molar-refractivity contribution in [3.63, 3.8) is 0 Å². The zero-order valence-electron chi connectivity index (χ0n) is 17.9. The minimum atomic E-state index is -0.0669. The van der Waals surface area contributed by atoms with Gasteiger partial charge in [-0.15, -0.1) is 5.10 Å². The molecule has 0 atom stereocenters. The molecule has 0 radical (unpaired) electrons. The van der Waals surface area contributed by atoms with Gasteiger partial charge in [-0.2, -0.15) is 5.10 Å². The predicted octanol–water partition coefficient (Wildman–Crippen LogP) is 3.88. The van der Waals surface area contributed by atoms with Crippen molar-refractivity contribution in [3.8, 4) is 11.4 Å². The van der Waals surface area contributed by atoms with Crippen LogP contribution in [0.2, 0.25) is 0 Å². The number of nitrogens with two attached hydrogens (primary N) is 2. The summed E-state index contributed by atoms with van der Waals surface area (Å²) in [5, 5.41) is 10.9. The standard InChI is InChI=1S/C22H32N6O/c1-6-11-25-19-13-17(29-5)9-10-20(19)28-14-16(18(15-28)22(2,3)4)8-7-12-26-27-21(23)24/h7-10,12-15,25H,6,11H2,1-5H3,(H4,23,24,27)/b8-7+,26-12+. The maximum absolute atomic E-state index is 5.40. The molecule has 0 fully saturated rings. The Kier molecular flexibility index (Phi) is 7.47. The van der Waals surface area contributed by atoms with Gasteiger partial charge in [-0.05, 0) is 41.2 Å². The molecule has 0 aliphatic carbocycles. The SMILES string of the molecule is CCCNc1cc(OC)ccc1-n1cc(/C=C/C=N/N=C(N)N)c(C(C)(C)C)c1. The molecule has 156 valence electrons. The fourth-order valence-corrected chi connectivity index (χ4v) is 2.92. The van der Waals surface area contributed by atoms with Crippen molar-refractivity contribution in [1.29, 1.82) is 0 Å². The quantitative estimate of drug-likeness (QED) is 0.358. The number of anilines is 1. The van der Waals surface area contributed by atoms with E-state index in [4.69, 9.17) is 16.2 Å². The van der Waals surface area contributed by atoms with Crippen molar-refractivity contribution in [1.82, 2.24) is 4.57 Å². The minimum absolute atomic E-state index is 0.0224. The van der Waals surface area contributed by atoms with Gasteiger partial charge in [0.15, 0.2) is 0 Å². The largest absolute Gasteiger partial charge is 0.497 e. The molecular weight excluding hydrogens is 364 g/mol. The van der Waals surface area contributed by atoms with Crippen LogP contribution in [-0.4, -0.2) is 30.4 Å². The Bertz CT molecular complexity index is 899. The molecule has 0 saturated heterocycles. The van der Waals surface area contributed by atoms with Crippen LogP contribution >= 0.6 is 0 Å². The van der Waals surface area contributed by atoms with Gasteiger partial charge in [-0.25, -0.2) is 0 Å². The van der Waals surface area contributed by atoms with Gasteiger partial charge in [0.05, 0.1) is 18.5 Å². The lowest BCUT2D eigenvalue weighted by Crippen LogP contribution is -2.21. The lowest BCUT2D eigenvalue weighted by atomic mass is 9.86. The summed E-state index contributed by atoms with van der Waals surface area (Å²) in [7, 11) is 1.68. The van der Waals surface area contributed by atoms with Crippen molar-refractivity contribution < 1.29 is 4.74 Å². The molecule has 0 unspecified atom stereocenters. The van der Waals surface area contributed by atoms with Crippen LogP contribution in [0, 0.1) is 0 Å². The highest BCUT2D eigenvalue weighted by atomic mass is 16.5. The van der Waals surface area contributed by atoms with Crippen LogP contribution < -0.4 is 21.5 Å². The molecule has 1 heterocycles. The normalized spacial score (nSPS) is 11.9. The van der Waals surface area contributed by atoms with Crippen LogP contribution in [0.15, 0.2) is 46.9 Å². The fraction of sp³-hybridized carbons (Fsp3) is 0.364. The molecule has 2 aromatic rings. The Labute approximate surface area is 173 Å². The van der Waals surface area contributed by atoms with Gasteiger partial charge in [0.1, 0.15) is 5.75 Å². The van der Waals surface area contributed by atoms with E-state index in [2.05, 4.69) is 66.2 Å². The minimum Gasteiger partial charge on any atom is -0.497 e. The van der Waals surface area contributed by atoms with Crippen molar-refractivity contribution in [2.75, 3.05) is 19.0 Å². The van der Waals surface area contributed by atoms with Gasteiger partial charge < -0.3 is 26.1 Å². The molecule has 0 aliphatic heterocycles. The summed E-state index contributed by atoms with van der Waals surface area (Å²) in [5.74, 6) is 0.759. The molecule has 0 aliphatic rings. The molecular formula is C22H32N6O. The average Bonchev–Trinajstić information content (AvgIpc) is 3.10. The number of hydrogen-bond donors (Lipinski definition) is 3. The van der Waals surface area contributed by atoms with E-state index in [1.54, 1.807) is 13.3 Å². The Hall–Kier alpha value is -3.22. The first-order valence-corrected chi connectivity index (χ1v) is 9.69. The van der Waals surface area contributed by atoms with E-state index in [9.17, 15) is 0 Å². The topological polar surface area (TPSA) is 103 Å². The first-order chi connectivity index (χ1) is 13.8. The summed E-state index contributed by atoms with van der Waals surface area (Å²) >= 11 is 0. The van der Waals surface area contributed by atoms with Crippen LogP contribution in [0.3, 0.4) is 0 Å². The molecule has 0 saturated carbocycles. The molecule has 0 bridgehead atoms. The first-order valence-electron chi connectivity index (χ1n) is 9.69. The Balaban J connectivity index is 2.47. The molecule has 2 rings (SSSR count). The van der Waals surface area contributed by atoms with E-state index in [0.29, 0.717) is 0 Å². The van der Waals surface area contributed by atoms with Gasteiger partial charge in [-0.3, -0.25) is 0 Å². The molecule has 1 aromatic carbocycles. The lowest BCUT2D eigenvalue weighted by Gasteiger charge is -2.18. The number of nitrogens with one attached hydrogen (secondary N) is 1. The van der Waals surface area contributed by atoms with E-state index in [1.165, 1.54) is 5.56 Å². The first kappa shape index (κ1) is 22.1. The van der Waals surface area contributed by atoms with Crippen molar-refractivity contribution >= 4 is 23.9 Å². The number of methoxy groups -OCH3 is 1. The fourth-order valence-electron chi connectivity index (χ4n) is 2.92. The smallest absolute Gasteiger partial charge is 0.211 e. The van der Waals surface area contributed by atoms with E-state index in [-0.39, 0.29) is 11.4 Å². The second kappa shape index (κ2) is 9.82. The molecule has 7 heteroatoms. The van der Waals surface area contributed by atoms with Gasteiger partial charge in [0, 0.05) is 31.2 Å². The van der Waals surface area contributed by atoms with Gasteiger partial charge in [-0.1, -0.05) is 33.8 Å². The van der Waals surface area contributed by atoms with Crippen molar-refractivity contribution in [3.05, 3.63) is 47.8 Å². The summed E-state index contributed by atoms with van der Waals surface area (Å²) in [6, 6.07) is 6.07. The highest BCUT2D eigenvalue weighted by Crippen LogP contribution is 2.32. The molecule has 0 spiro atoms. The number of nitrogens with zero attached hydrogens (tertiary/aromatic N) is 3. The summed E-state index contributed by atoms with van der Waals surface area (Å²) in [5.41, 5.74) is 15.0. The Morgan fingerprint density at radius 1 is 1.24 bits per heavy atom. The number of guanidine groups is 1. The zero-order valence-corrected chi connectivity index (χ0v) is 17.9. The number of hydrogen-bond acceptors (Lipinski definition) is 4. The highest BCUT2D eigenvalue weighted by molar-refractivity contribution is 5.81. The molecule has 5 N–H and O–H groups in total. The van der Waals surface area contributed by atoms with Gasteiger partial charge >= 0.3 is 0 Å². The van der Waals surface area contributed by atoms with Crippen molar-refractivity contribution in [2.24, 2.45) is 21.7 Å². The Morgan fingerprint density at radius 2 is 2.00 bits per heavy atom. The average molecular weight is 397 g/mol. The monoisotopic (exact) mass is 396 g/mol. The zero-order chi connectivity index (χ0) is 21.4. The van der Waals surface area contributed by atoms with Crippen LogP contribution in [0.1, 0.15) is 45.2 Å². The van der Waals surface area contributed by atoms with E-state index in [1.807, 2.05) is 24.3 Å². The summed E-state index contributed by atoms with van der Waals surface area (Å²) < 4.78 is 7.54. The van der Waals surface area contributed by atoms with E-state index < -0.39 is 0 Å². The second-order valence-corrected chi connectivity index (χ2v) is 7.74. The van der Waals surface area contributed by atoms with E-state index >= 15 is 0 Å². The molecule has 1 aromatic heterocycles. The maximum atomic E-state index is 5.40. The number of aromatic nitrogens is 1. The van der Waals surface area contributed by atoms with Crippen LogP contribution in [0.25, 0.3) is 11.8 Å². The third kappa shape index (κ3) is 6.14. The van der Waals surface area contributed by atoms with E-state index in [0.717, 1.165) is 35.7 Å². The summed E-state index contributed by atoms with van der Waals surface area (Å²) in [6.07, 6.45) is 10.7. The molecule has 29 heavy (non-hydrogen) atoms. The second-order valence-electron chi connectivity index (χ2n) is 7.74. The Morgan fingerprint density at radius 3 is 2.62 bits per heavy atom. The number of rotatable bonds is 8. The van der Waals surface area contributed by atoms with Gasteiger partial charge in [0.2, 0.25) is 5.96 Å². The van der Waals surface area contributed by atoms with Crippen LogP contribution in [0.5, 0.6) is 5.75 Å². The third-order valence-corrected chi connectivity index (χ3v) is 4.31. The number of ether oxygens (including phenoxy) is 1. The highest BCUT2D eigenvalue weighted by Gasteiger charge is 2.20. The molecule has 0 amide bonds. The van der Waals surface area contributed by atoms with Crippen LogP contribution in [0.4, 0.5) is 5.69 Å². The predicted molar refractivity (Wildman–Crippen MR) is 123 cm³/mol. The maximum Gasteiger partial charge on any atom is 0.211 e. The molecule has 7 nitrogen and oxygen atoms in total. The third-order valence-electron chi connectivity index (χ3n) is 4.31. The summed E-state index contributed by atoms with van der Waals surface area (Å²) in [4.78, 5) is 0. The number of allylic oxidation sites excluding steroid dienone is 1. The van der Waals surface area contributed by atoms with Gasteiger partial charge in [0.25, 0.3) is 0 Å². The van der Waals surface area contributed by atoms with Crippen molar-refractivity contribution in [2.45, 2.75) is 39.5 Å². The van der Waals surface area contributed by atoms with Crippen LogP contribution in [-0.2, 0) is 5.41 Å². The summed E-state index contributed by atoms with van der Waals surface area (Å²) in [6.45, 7) is 9.62. The number of benzene rings is 1.